The summed E-state index contributed by atoms with van der Waals surface area (Å²) in [5.41, 5.74) is 3.61. The van der Waals surface area contributed by atoms with Crippen molar-refractivity contribution in [1.29, 1.82) is 0 Å². The third-order valence-electron chi connectivity index (χ3n) is 7.23. The Hall–Kier alpha value is -1.80. The number of β-lactam (4-membered cyclic amide) rings is 1. The third-order valence-corrected chi connectivity index (χ3v) is 9.28. The van der Waals surface area contributed by atoms with E-state index in [0.717, 1.165) is 59.8 Å². The maximum Gasteiger partial charge on any atom is 0.265 e. The molecule has 1 saturated carbocycles. The highest BCUT2D eigenvalue weighted by Crippen LogP contribution is 2.61. The second kappa shape index (κ2) is 7.41. The highest BCUT2D eigenvalue weighted by Gasteiger charge is 2.64. The molecule has 0 bridgehead atoms. The van der Waals surface area contributed by atoms with E-state index in [-0.39, 0.29) is 23.4 Å². The quantitative estimate of drug-likeness (QED) is 0.663. The molecule has 1 atom stereocenters. The first-order valence-electron chi connectivity index (χ1n) is 10.9. The van der Waals surface area contributed by atoms with Gasteiger partial charge in [0.15, 0.2) is 0 Å². The highest BCUT2D eigenvalue weighted by molar-refractivity contribution is 7.13. The fourth-order valence-electron chi connectivity index (χ4n) is 5.73. The Morgan fingerprint density at radius 2 is 1.83 bits per heavy atom. The number of likely N-dealkylation sites (tertiary alicyclic amines) is 2. The molecule has 0 aromatic carbocycles. The second-order valence-electron chi connectivity index (χ2n) is 8.95. The molecule has 160 valence electrons. The molecule has 2 aliphatic heterocycles. The van der Waals surface area contributed by atoms with Crippen LogP contribution in [-0.2, 0) is 4.79 Å². The summed E-state index contributed by atoms with van der Waals surface area (Å²) in [5.74, 6) is 0.435. The molecule has 2 aromatic heterocycles. The van der Waals surface area contributed by atoms with Crippen LogP contribution in [0.2, 0.25) is 0 Å². The Balaban J connectivity index is 1.33. The van der Waals surface area contributed by atoms with Crippen molar-refractivity contribution in [3.63, 3.8) is 0 Å². The van der Waals surface area contributed by atoms with Gasteiger partial charge >= 0.3 is 0 Å². The number of carbonyl (C=O) groups is 2. The molecule has 8 heteroatoms. The number of amides is 2. The van der Waals surface area contributed by atoms with Crippen molar-refractivity contribution >= 4 is 34.5 Å². The average molecular weight is 445 g/mol. The van der Waals surface area contributed by atoms with Gasteiger partial charge in [-0.2, -0.15) is 0 Å². The summed E-state index contributed by atoms with van der Waals surface area (Å²) in [7, 11) is 0. The summed E-state index contributed by atoms with van der Waals surface area (Å²) in [5, 5.41) is 0.932. The van der Waals surface area contributed by atoms with Crippen molar-refractivity contribution < 1.29 is 9.59 Å². The van der Waals surface area contributed by atoms with Gasteiger partial charge in [0.1, 0.15) is 4.88 Å². The minimum Gasteiger partial charge on any atom is -0.338 e. The molecular weight excluding hydrogens is 416 g/mol. The van der Waals surface area contributed by atoms with E-state index in [9.17, 15) is 9.59 Å². The molecule has 1 spiro atoms. The monoisotopic (exact) mass is 444 g/mol. The Labute approximate surface area is 185 Å². The number of piperidine rings is 1. The predicted octanol–water partition coefficient (Wildman–Crippen LogP) is 4.27. The van der Waals surface area contributed by atoms with Crippen molar-refractivity contribution in [1.82, 2.24) is 19.8 Å². The normalized spacial score (nSPS) is 24.0. The van der Waals surface area contributed by atoms with Gasteiger partial charge in [-0.1, -0.05) is 12.8 Å². The number of hydrogen-bond acceptors (Lipinski definition) is 6. The topological polar surface area (TPSA) is 66.4 Å². The van der Waals surface area contributed by atoms with Crippen LogP contribution in [0.5, 0.6) is 0 Å². The van der Waals surface area contributed by atoms with Crippen molar-refractivity contribution in [3.05, 3.63) is 31.7 Å². The molecule has 3 fully saturated rings. The summed E-state index contributed by atoms with van der Waals surface area (Å²) < 4.78 is 0. The molecule has 2 aromatic rings. The molecule has 2 amide bonds. The smallest absolute Gasteiger partial charge is 0.265 e. The highest BCUT2D eigenvalue weighted by atomic mass is 32.1. The van der Waals surface area contributed by atoms with Crippen LogP contribution in [0.25, 0.3) is 0 Å². The van der Waals surface area contributed by atoms with Crippen LogP contribution in [0.15, 0.2) is 5.51 Å². The lowest BCUT2D eigenvalue weighted by atomic mass is 9.67. The zero-order valence-electron chi connectivity index (χ0n) is 17.8. The van der Waals surface area contributed by atoms with E-state index in [1.54, 1.807) is 11.3 Å². The fourth-order valence-corrected chi connectivity index (χ4v) is 7.64. The summed E-state index contributed by atoms with van der Waals surface area (Å²) in [6.45, 7) is 7.31. The van der Waals surface area contributed by atoms with E-state index in [2.05, 4.69) is 21.8 Å². The lowest BCUT2D eigenvalue weighted by molar-refractivity contribution is -0.180. The van der Waals surface area contributed by atoms with Crippen molar-refractivity contribution in [3.8, 4) is 0 Å². The first-order chi connectivity index (χ1) is 14.4. The summed E-state index contributed by atoms with van der Waals surface area (Å²) in [6.07, 6.45) is 6.00. The van der Waals surface area contributed by atoms with Gasteiger partial charge in [-0.3, -0.25) is 9.59 Å². The van der Waals surface area contributed by atoms with Crippen LogP contribution >= 0.6 is 22.7 Å². The van der Waals surface area contributed by atoms with Crippen LogP contribution in [0, 0.1) is 26.2 Å². The lowest BCUT2D eigenvalue weighted by Gasteiger charge is -2.58. The minimum atomic E-state index is -0.193. The van der Waals surface area contributed by atoms with Crippen molar-refractivity contribution in [2.24, 2.45) is 5.41 Å². The van der Waals surface area contributed by atoms with Gasteiger partial charge in [-0.15, -0.1) is 22.7 Å². The SMILES string of the molecule is Cc1nc(C)c(C(=O)N2CCC(N3C(=O)C4(CCCC4)C3c3scnc3C)CC2)s1. The number of aryl methyl sites for hydroxylation is 3. The van der Waals surface area contributed by atoms with Crippen LogP contribution in [-0.4, -0.2) is 50.7 Å². The molecule has 0 N–H and O–H groups in total. The molecule has 1 unspecified atom stereocenters. The van der Waals surface area contributed by atoms with Crippen LogP contribution in [0.3, 0.4) is 0 Å². The van der Waals surface area contributed by atoms with E-state index in [1.807, 2.05) is 24.3 Å². The zero-order chi connectivity index (χ0) is 21.0. The molecule has 4 heterocycles. The van der Waals surface area contributed by atoms with E-state index < -0.39 is 0 Å². The first kappa shape index (κ1) is 20.1. The Morgan fingerprint density at radius 1 is 1.13 bits per heavy atom. The Morgan fingerprint density at radius 3 is 2.40 bits per heavy atom. The molecule has 5 rings (SSSR count). The molecule has 6 nitrogen and oxygen atoms in total. The number of rotatable bonds is 3. The first-order valence-corrected chi connectivity index (χ1v) is 12.6. The standard InChI is InChI=1S/C22H28N4O2S2/c1-13-17(29-12-23-13)19-22(8-4-5-9-22)21(28)26(19)16-6-10-25(11-7-16)20(27)18-14(2)24-15(3)30-18/h12,16,19H,4-11H2,1-3H3. The van der Waals surface area contributed by atoms with Gasteiger partial charge in [-0.25, -0.2) is 9.97 Å². The van der Waals surface area contributed by atoms with Gasteiger partial charge in [0.05, 0.1) is 38.2 Å². The van der Waals surface area contributed by atoms with Crippen LogP contribution in [0.4, 0.5) is 0 Å². The fraction of sp³-hybridized carbons (Fsp3) is 0.636. The van der Waals surface area contributed by atoms with Crippen LogP contribution < -0.4 is 0 Å². The van der Waals surface area contributed by atoms with Gasteiger partial charge in [0.2, 0.25) is 5.91 Å². The molecular formula is C22H28N4O2S2. The van der Waals surface area contributed by atoms with Crippen molar-refractivity contribution in [2.45, 2.75) is 71.4 Å². The molecule has 3 aliphatic rings. The summed E-state index contributed by atoms with van der Waals surface area (Å²) >= 11 is 3.18. The maximum absolute atomic E-state index is 13.4. The molecule has 1 aliphatic carbocycles. The van der Waals surface area contributed by atoms with E-state index >= 15 is 0 Å². The third kappa shape index (κ3) is 2.94. The Kier molecular flexibility index (Phi) is 4.97. The van der Waals surface area contributed by atoms with Gasteiger partial charge in [-0.05, 0) is 46.5 Å². The second-order valence-corrected chi connectivity index (χ2v) is 11.0. The molecule has 0 radical (unpaired) electrons. The largest absolute Gasteiger partial charge is 0.338 e. The summed E-state index contributed by atoms with van der Waals surface area (Å²) in [6, 6.07) is 0.391. The average Bonchev–Trinajstić information content (AvgIpc) is 3.47. The van der Waals surface area contributed by atoms with Gasteiger partial charge in [0.25, 0.3) is 5.91 Å². The van der Waals surface area contributed by atoms with Crippen LogP contribution in [0.1, 0.15) is 75.5 Å². The maximum atomic E-state index is 13.4. The summed E-state index contributed by atoms with van der Waals surface area (Å²) in [4.78, 5) is 41.4. The van der Waals surface area contributed by atoms with E-state index in [1.165, 1.54) is 16.2 Å². The van der Waals surface area contributed by atoms with E-state index in [4.69, 9.17) is 0 Å². The predicted molar refractivity (Wildman–Crippen MR) is 118 cm³/mol. The minimum absolute atomic E-state index is 0.0913. The van der Waals surface area contributed by atoms with E-state index in [0.29, 0.717) is 19.0 Å². The van der Waals surface area contributed by atoms with Gasteiger partial charge in [0, 0.05) is 19.1 Å². The number of thiazole rings is 2. The molecule has 30 heavy (non-hydrogen) atoms. The Bertz CT molecular complexity index is 983. The van der Waals surface area contributed by atoms with Crippen molar-refractivity contribution in [2.75, 3.05) is 13.1 Å². The zero-order valence-corrected chi connectivity index (χ0v) is 19.4. The van der Waals surface area contributed by atoms with Gasteiger partial charge < -0.3 is 9.80 Å². The number of nitrogens with zero attached hydrogens (tertiary/aromatic N) is 4. The number of carbonyl (C=O) groups excluding carboxylic acids is 2. The number of aromatic nitrogens is 2. The lowest BCUT2D eigenvalue weighted by Crippen LogP contribution is -2.66. The molecule has 2 saturated heterocycles. The number of hydrogen-bond donors (Lipinski definition) is 0.